The van der Waals surface area contributed by atoms with Crippen molar-refractivity contribution in [1.82, 2.24) is 5.32 Å². The molecule has 3 amide bonds. The van der Waals surface area contributed by atoms with E-state index in [-0.39, 0.29) is 6.03 Å². The number of carbonyl (C=O) groups is 3. The zero-order valence-electron chi connectivity index (χ0n) is 16.2. The van der Waals surface area contributed by atoms with Gasteiger partial charge >= 0.3 is 12.1 Å². The lowest BCUT2D eigenvalue weighted by Crippen LogP contribution is -2.32. The fourth-order valence-corrected chi connectivity index (χ4v) is 2.31. The maximum atomic E-state index is 12.1. The lowest BCUT2D eigenvalue weighted by Gasteiger charge is -2.19. The molecule has 0 saturated heterocycles. The standard InChI is InChI=1S/C21H25N3O4/c1-21(2,3)28-20(27)22-14-16-6-10-18(11-7-16)24-19(26)23-17-8-4-15(5-9-17)12-13-25/h4-11,13H,12,14H2,1-3H3,(H,22,27)(H2,23,24,26). The van der Waals surface area contributed by atoms with Gasteiger partial charge in [-0.05, 0) is 56.2 Å². The van der Waals surface area contributed by atoms with Crippen molar-refractivity contribution in [2.45, 2.75) is 39.3 Å². The Hall–Kier alpha value is -3.35. The largest absolute Gasteiger partial charge is 0.444 e. The Morgan fingerprint density at radius 1 is 0.893 bits per heavy atom. The zero-order chi connectivity index (χ0) is 20.6. The first-order valence-corrected chi connectivity index (χ1v) is 8.91. The second-order valence-corrected chi connectivity index (χ2v) is 7.20. The number of aldehydes is 1. The van der Waals surface area contributed by atoms with Crippen molar-refractivity contribution in [2.24, 2.45) is 0 Å². The molecule has 0 aromatic heterocycles. The van der Waals surface area contributed by atoms with Crippen LogP contribution in [0.3, 0.4) is 0 Å². The molecule has 0 fully saturated rings. The summed E-state index contributed by atoms with van der Waals surface area (Å²) in [5, 5.41) is 8.14. The fraction of sp³-hybridized carbons (Fsp3) is 0.286. The number of carbonyl (C=O) groups excluding carboxylic acids is 3. The van der Waals surface area contributed by atoms with Crippen LogP contribution >= 0.6 is 0 Å². The van der Waals surface area contributed by atoms with E-state index >= 15 is 0 Å². The van der Waals surface area contributed by atoms with Crippen LogP contribution in [-0.2, 0) is 22.5 Å². The normalized spacial score (nSPS) is 10.7. The molecule has 3 N–H and O–H groups in total. The first-order valence-electron chi connectivity index (χ1n) is 8.91. The van der Waals surface area contributed by atoms with Gasteiger partial charge in [0.1, 0.15) is 11.9 Å². The summed E-state index contributed by atoms with van der Waals surface area (Å²) in [5.74, 6) is 0. The molecule has 28 heavy (non-hydrogen) atoms. The van der Waals surface area contributed by atoms with Gasteiger partial charge in [0.15, 0.2) is 0 Å². The number of hydrogen-bond donors (Lipinski definition) is 3. The van der Waals surface area contributed by atoms with Crippen LogP contribution in [0.2, 0.25) is 0 Å². The van der Waals surface area contributed by atoms with E-state index in [9.17, 15) is 14.4 Å². The molecule has 2 aromatic rings. The van der Waals surface area contributed by atoms with Gasteiger partial charge in [0, 0.05) is 24.3 Å². The predicted octanol–water partition coefficient (Wildman–Crippen LogP) is 4.10. The monoisotopic (exact) mass is 383 g/mol. The average Bonchev–Trinajstić information content (AvgIpc) is 2.61. The number of benzene rings is 2. The lowest BCUT2D eigenvalue weighted by atomic mass is 10.1. The van der Waals surface area contributed by atoms with E-state index in [4.69, 9.17) is 4.74 Å². The van der Waals surface area contributed by atoms with Crippen molar-refractivity contribution in [2.75, 3.05) is 10.6 Å². The number of urea groups is 1. The van der Waals surface area contributed by atoms with Crippen molar-refractivity contribution >= 4 is 29.8 Å². The van der Waals surface area contributed by atoms with E-state index in [0.29, 0.717) is 24.3 Å². The van der Waals surface area contributed by atoms with Crippen LogP contribution in [0.4, 0.5) is 21.0 Å². The molecule has 0 heterocycles. The third kappa shape index (κ3) is 7.49. The Bertz CT molecular complexity index is 809. The van der Waals surface area contributed by atoms with Crippen molar-refractivity contribution in [3.63, 3.8) is 0 Å². The van der Waals surface area contributed by atoms with Gasteiger partial charge in [0.25, 0.3) is 0 Å². The highest BCUT2D eigenvalue weighted by molar-refractivity contribution is 5.99. The summed E-state index contributed by atoms with van der Waals surface area (Å²) < 4.78 is 5.18. The quantitative estimate of drug-likeness (QED) is 0.655. The minimum absolute atomic E-state index is 0.328. The summed E-state index contributed by atoms with van der Waals surface area (Å²) in [6, 6.07) is 13.8. The molecule has 0 bridgehead atoms. The number of hydrogen-bond acceptors (Lipinski definition) is 4. The molecule has 2 aromatic carbocycles. The average molecular weight is 383 g/mol. The van der Waals surface area contributed by atoms with Crippen molar-refractivity contribution in [3.8, 4) is 0 Å². The fourth-order valence-electron chi connectivity index (χ4n) is 2.31. The van der Waals surface area contributed by atoms with Gasteiger partial charge in [-0.15, -0.1) is 0 Å². The molecule has 148 valence electrons. The van der Waals surface area contributed by atoms with Crippen LogP contribution in [0, 0.1) is 0 Å². The summed E-state index contributed by atoms with van der Waals surface area (Å²) in [6.07, 6.45) is 0.705. The number of rotatable bonds is 6. The molecule has 2 rings (SSSR count). The van der Waals surface area contributed by atoms with Crippen LogP contribution in [0.15, 0.2) is 48.5 Å². The van der Waals surface area contributed by atoms with Crippen molar-refractivity contribution < 1.29 is 19.1 Å². The van der Waals surface area contributed by atoms with E-state index in [1.165, 1.54) is 0 Å². The van der Waals surface area contributed by atoms with Crippen LogP contribution in [-0.4, -0.2) is 24.0 Å². The second-order valence-electron chi connectivity index (χ2n) is 7.20. The molecular formula is C21H25N3O4. The van der Waals surface area contributed by atoms with Gasteiger partial charge in [-0.2, -0.15) is 0 Å². The molecule has 0 radical (unpaired) electrons. The van der Waals surface area contributed by atoms with Gasteiger partial charge < -0.3 is 25.5 Å². The summed E-state index contributed by atoms with van der Waals surface area (Å²) in [4.78, 5) is 34.2. The number of ether oxygens (including phenoxy) is 1. The Morgan fingerprint density at radius 2 is 1.39 bits per heavy atom. The molecule has 7 heteroatoms. The van der Waals surface area contributed by atoms with Crippen LogP contribution in [0.5, 0.6) is 0 Å². The molecular weight excluding hydrogens is 358 g/mol. The van der Waals surface area contributed by atoms with E-state index in [0.717, 1.165) is 17.4 Å². The molecule has 0 atom stereocenters. The van der Waals surface area contributed by atoms with Crippen LogP contribution < -0.4 is 16.0 Å². The molecule has 0 aliphatic heterocycles. The number of anilines is 2. The number of nitrogens with one attached hydrogen (secondary N) is 3. The lowest BCUT2D eigenvalue weighted by molar-refractivity contribution is -0.107. The summed E-state index contributed by atoms with van der Waals surface area (Å²) in [7, 11) is 0. The van der Waals surface area contributed by atoms with Gasteiger partial charge in [-0.25, -0.2) is 9.59 Å². The zero-order valence-corrected chi connectivity index (χ0v) is 16.2. The topological polar surface area (TPSA) is 96.5 Å². The molecule has 7 nitrogen and oxygen atoms in total. The van der Waals surface area contributed by atoms with E-state index in [1.54, 1.807) is 69.3 Å². The highest BCUT2D eigenvalue weighted by Crippen LogP contribution is 2.13. The Balaban J connectivity index is 1.82. The molecule has 0 aliphatic rings. The SMILES string of the molecule is CC(C)(C)OC(=O)NCc1ccc(NC(=O)Nc2ccc(CC=O)cc2)cc1. The Labute approximate surface area is 164 Å². The maximum absolute atomic E-state index is 12.1. The van der Waals surface area contributed by atoms with E-state index in [1.807, 2.05) is 0 Å². The van der Waals surface area contributed by atoms with Crippen LogP contribution in [0.1, 0.15) is 31.9 Å². The highest BCUT2D eigenvalue weighted by Gasteiger charge is 2.15. The Kier molecular flexibility index (Phi) is 7.14. The minimum Gasteiger partial charge on any atom is -0.444 e. The third-order valence-electron chi connectivity index (χ3n) is 3.58. The maximum Gasteiger partial charge on any atom is 0.407 e. The molecule has 0 saturated carbocycles. The van der Waals surface area contributed by atoms with Gasteiger partial charge in [-0.1, -0.05) is 24.3 Å². The van der Waals surface area contributed by atoms with Crippen molar-refractivity contribution in [3.05, 3.63) is 59.7 Å². The predicted molar refractivity (Wildman–Crippen MR) is 108 cm³/mol. The molecule has 0 unspecified atom stereocenters. The summed E-state index contributed by atoms with van der Waals surface area (Å²) in [6.45, 7) is 5.74. The first-order chi connectivity index (χ1) is 13.2. The third-order valence-corrected chi connectivity index (χ3v) is 3.58. The minimum atomic E-state index is -0.542. The smallest absolute Gasteiger partial charge is 0.407 e. The summed E-state index contributed by atoms with van der Waals surface area (Å²) in [5.41, 5.74) is 2.47. The van der Waals surface area contributed by atoms with Gasteiger partial charge in [0.2, 0.25) is 0 Å². The highest BCUT2D eigenvalue weighted by atomic mass is 16.6. The molecule has 0 spiro atoms. The van der Waals surface area contributed by atoms with Crippen LogP contribution in [0.25, 0.3) is 0 Å². The van der Waals surface area contributed by atoms with Gasteiger partial charge in [-0.3, -0.25) is 0 Å². The second kappa shape index (κ2) is 9.55. The Morgan fingerprint density at radius 3 is 1.86 bits per heavy atom. The van der Waals surface area contributed by atoms with E-state index < -0.39 is 11.7 Å². The molecule has 0 aliphatic carbocycles. The number of amides is 3. The van der Waals surface area contributed by atoms with E-state index in [2.05, 4.69) is 16.0 Å². The van der Waals surface area contributed by atoms with Crippen molar-refractivity contribution in [1.29, 1.82) is 0 Å². The first kappa shape index (κ1) is 21.0. The number of alkyl carbamates (subject to hydrolysis) is 1. The van der Waals surface area contributed by atoms with Gasteiger partial charge in [0.05, 0.1) is 0 Å². The summed E-state index contributed by atoms with van der Waals surface area (Å²) >= 11 is 0.